The zero-order valence-corrected chi connectivity index (χ0v) is 23.9. The summed E-state index contributed by atoms with van der Waals surface area (Å²) in [5, 5.41) is 0.972. The van der Waals surface area contributed by atoms with Gasteiger partial charge in [-0.1, -0.05) is 41.4 Å². The highest BCUT2D eigenvalue weighted by Gasteiger charge is 2.30. The number of amides is 2. The van der Waals surface area contributed by atoms with Gasteiger partial charge in [0.05, 0.1) is 18.8 Å². The maximum absolute atomic E-state index is 12.9. The highest BCUT2D eigenvalue weighted by atomic mass is 35.5. The van der Waals surface area contributed by atoms with E-state index in [2.05, 4.69) is 18.2 Å². The third-order valence-electron chi connectivity index (χ3n) is 7.09. The van der Waals surface area contributed by atoms with Crippen molar-refractivity contribution in [3.63, 3.8) is 0 Å². The molecule has 38 heavy (non-hydrogen) atoms. The van der Waals surface area contributed by atoms with E-state index in [1.165, 1.54) is 12.6 Å². The van der Waals surface area contributed by atoms with Gasteiger partial charge in [0.1, 0.15) is 6.61 Å². The van der Waals surface area contributed by atoms with Crippen molar-refractivity contribution in [2.75, 3.05) is 40.0 Å². The summed E-state index contributed by atoms with van der Waals surface area (Å²) in [6.45, 7) is 0.842. The fourth-order valence-corrected chi connectivity index (χ4v) is 5.73. The van der Waals surface area contributed by atoms with E-state index in [1.807, 2.05) is 6.08 Å². The molecule has 204 valence electrons. The molecule has 4 rings (SSSR count). The molecule has 2 aromatic carbocycles. The van der Waals surface area contributed by atoms with E-state index in [4.69, 9.17) is 27.9 Å². The van der Waals surface area contributed by atoms with Crippen LogP contribution in [0.5, 0.6) is 0 Å². The van der Waals surface area contributed by atoms with E-state index in [0.717, 1.165) is 45.7 Å². The van der Waals surface area contributed by atoms with E-state index >= 15 is 0 Å². The molecule has 0 saturated carbocycles. The van der Waals surface area contributed by atoms with Gasteiger partial charge in [0, 0.05) is 37.2 Å². The van der Waals surface area contributed by atoms with Crippen molar-refractivity contribution in [3.05, 3.63) is 74.8 Å². The van der Waals surface area contributed by atoms with Crippen LogP contribution < -0.4 is 0 Å². The van der Waals surface area contributed by atoms with Crippen LogP contribution in [0, 0.1) is 0 Å². The average Bonchev–Trinajstić information content (AvgIpc) is 3.29. The number of hydrogen-bond acceptors (Lipinski definition) is 5. The van der Waals surface area contributed by atoms with E-state index in [0.29, 0.717) is 29.6 Å². The van der Waals surface area contributed by atoms with Crippen LogP contribution in [0.3, 0.4) is 0 Å². The predicted octanol–water partition coefficient (Wildman–Crippen LogP) is 4.76. The quantitative estimate of drug-likeness (QED) is 0.472. The highest BCUT2D eigenvalue weighted by molar-refractivity contribution is 7.88. The summed E-state index contributed by atoms with van der Waals surface area (Å²) in [5.41, 5.74) is 5.21. The van der Waals surface area contributed by atoms with Gasteiger partial charge in [0.25, 0.3) is 0 Å². The maximum atomic E-state index is 12.9. The molecular formula is C27H31Cl2N3O5S. The van der Waals surface area contributed by atoms with Gasteiger partial charge >= 0.3 is 6.09 Å². The molecule has 0 radical (unpaired) electrons. The van der Waals surface area contributed by atoms with Gasteiger partial charge < -0.3 is 14.5 Å². The first-order valence-electron chi connectivity index (χ1n) is 12.3. The molecule has 2 aliphatic rings. The number of ether oxygens (including phenoxy) is 1. The monoisotopic (exact) mass is 579 g/mol. The number of likely N-dealkylation sites (N-methyl/N-ethyl adjacent to an activating group) is 1. The van der Waals surface area contributed by atoms with Crippen molar-refractivity contribution in [2.24, 2.45) is 0 Å². The molecule has 0 N–H and O–H groups in total. The molecule has 1 aliphatic carbocycles. The fraction of sp³-hybridized carbons (Fsp3) is 0.407. The number of sulfonamides is 1. The summed E-state index contributed by atoms with van der Waals surface area (Å²) < 4.78 is 29.8. The van der Waals surface area contributed by atoms with Crippen LogP contribution in [-0.2, 0) is 32.6 Å². The number of halogens is 2. The van der Waals surface area contributed by atoms with Crippen LogP contribution in [0.4, 0.5) is 4.79 Å². The second-order valence-corrected chi connectivity index (χ2v) is 12.7. The van der Waals surface area contributed by atoms with Crippen LogP contribution >= 0.6 is 23.2 Å². The molecule has 8 nitrogen and oxygen atoms in total. The van der Waals surface area contributed by atoms with Crippen LogP contribution in [0.15, 0.2) is 42.5 Å². The van der Waals surface area contributed by atoms with Crippen molar-refractivity contribution in [1.29, 1.82) is 0 Å². The Hall–Kier alpha value is -2.59. The van der Waals surface area contributed by atoms with Crippen LogP contribution in [0.2, 0.25) is 10.0 Å². The highest BCUT2D eigenvalue weighted by Crippen LogP contribution is 2.38. The lowest BCUT2D eigenvalue weighted by Gasteiger charge is -2.29. The first-order chi connectivity index (χ1) is 17.9. The van der Waals surface area contributed by atoms with Crippen LogP contribution in [0.1, 0.15) is 41.1 Å². The van der Waals surface area contributed by atoms with E-state index in [9.17, 15) is 18.0 Å². The first-order valence-corrected chi connectivity index (χ1v) is 14.9. The second-order valence-electron chi connectivity index (χ2n) is 9.75. The zero-order valence-electron chi connectivity index (χ0n) is 21.6. The predicted molar refractivity (Wildman–Crippen MR) is 149 cm³/mol. The lowest BCUT2D eigenvalue weighted by Crippen LogP contribution is -2.42. The van der Waals surface area contributed by atoms with Gasteiger partial charge in [0.15, 0.2) is 0 Å². The minimum Gasteiger partial charge on any atom is -0.445 e. The topological polar surface area (TPSA) is 87.2 Å². The lowest BCUT2D eigenvalue weighted by atomic mass is 9.95. The Morgan fingerprint density at radius 2 is 1.79 bits per heavy atom. The van der Waals surface area contributed by atoms with Crippen molar-refractivity contribution >= 4 is 50.8 Å². The molecule has 2 amide bonds. The normalized spacial score (nSPS) is 17.3. The number of aryl methyl sites for hydroxylation is 1. The van der Waals surface area contributed by atoms with E-state index in [-0.39, 0.29) is 25.1 Å². The SMILES string of the molecule is CN(C(=O)OCc1cc(Cl)cc(Cl)c1)C1CCc2ccc(C3=CCN(C(=O)CN(C)S(C)(=O)=O)CC3)cc21. The Kier molecular flexibility index (Phi) is 8.72. The van der Waals surface area contributed by atoms with Crippen molar-refractivity contribution in [2.45, 2.75) is 31.9 Å². The molecule has 0 aromatic heterocycles. The molecule has 1 heterocycles. The Bertz CT molecular complexity index is 1360. The molecule has 11 heteroatoms. The Morgan fingerprint density at radius 1 is 1.08 bits per heavy atom. The zero-order chi connectivity index (χ0) is 27.6. The molecule has 2 aromatic rings. The van der Waals surface area contributed by atoms with Gasteiger partial charge in [-0.3, -0.25) is 4.79 Å². The molecule has 1 atom stereocenters. The summed E-state index contributed by atoms with van der Waals surface area (Å²) in [6, 6.07) is 11.3. The Balaban J connectivity index is 1.40. The molecular weight excluding hydrogens is 549 g/mol. The number of nitrogens with zero attached hydrogens (tertiary/aromatic N) is 3. The minimum atomic E-state index is -3.41. The number of fused-ring (bicyclic) bond motifs is 1. The molecule has 0 saturated heterocycles. The first kappa shape index (κ1) is 28.4. The Morgan fingerprint density at radius 3 is 2.42 bits per heavy atom. The van der Waals surface area contributed by atoms with Crippen LogP contribution in [-0.4, -0.2) is 74.5 Å². The molecule has 1 aliphatic heterocycles. The minimum absolute atomic E-state index is 0.0746. The summed E-state index contributed by atoms with van der Waals surface area (Å²) >= 11 is 12.1. The van der Waals surface area contributed by atoms with E-state index < -0.39 is 16.1 Å². The number of benzene rings is 2. The molecule has 0 fully saturated rings. The van der Waals surface area contributed by atoms with Gasteiger partial charge in [0.2, 0.25) is 15.9 Å². The fourth-order valence-electron chi connectivity index (χ4n) is 4.82. The standard InChI is InChI=1S/C27H31Cl2N3O5S/c1-30(38(3,35)36)16-26(33)32-10-8-19(9-11-32)21-5-4-20-6-7-25(24(20)14-21)31(2)27(34)37-17-18-12-22(28)15-23(29)13-18/h4-5,8,12-15,25H,6-7,9-11,16-17H2,1-3H3. The van der Waals surface area contributed by atoms with Gasteiger partial charge in [-0.25, -0.2) is 13.2 Å². The average molecular weight is 581 g/mol. The van der Waals surface area contributed by atoms with Crippen molar-refractivity contribution < 1.29 is 22.7 Å². The number of rotatable bonds is 7. The molecule has 0 spiro atoms. The summed E-state index contributed by atoms with van der Waals surface area (Å²) in [4.78, 5) is 28.7. The third kappa shape index (κ3) is 6.69. The van der Waals surface area contributed by atoms with Gasteiger partial charge in [-0.15, -0.1) is 0 Å². The third-order valence-corrected chi connectivity index (χ3v) is 8.79. The number of hydrogen-bond donors (Lipinski definition) is 0. The van der Waals surface area contributed by atoms with Crippen LogP contribution in [0.25, 0.3) is 5.57 Å². The second kappa shape index (κ2) is 11.7. The Labute approximate surface area is 233 Å². The van der Waals surface area contributed by atoms with Crippen molar-refractivity contribution in [1.82, 2.24) is 14.1 Å². The molecule has 1 unspecified atom stereocenters. The maximum Gasteiger partial charge on any atom is 0.410 e. The number of carbonyl (C=O) groups excluding carboxylic acids is 2. The smallest absolute Gasteiger partial charge is 0.410 e. The van der Waals surface area contributed by atoms with Gasteiger partial charge in [-0.05, 0) is 71.4 Å². The summed E-state index contributed by atoms with van der Waals surface area (Å²) in [5.74, 6) is -0.220. The largest absolute Gasteiger partial charge is 0.445 e. The molecule has 0 bridgehead atoms. The van der Waals surface area contributed by atoms with Gasteiger partial charge in [-0.2, -0.15) is 4.31 Å². The summed E-state index contributed by atoms with van der Waals surface area (Å²) in [7, 11) is -0.265. The number of carbonyl (C=O) groups is 2. The van der Waals surface area contributed by atoms with E-state index in [1.54, 1.807) is 35.0 Å². The summed E-state index contributed by atoms with van der Waals surface area (Å²) in [6.07, 6.45) is 5.02. The lowest BCUT2D eigenvalue weighted by molar-refractivity contribution is -0.130. The van der Waals surface area contributed by atoms with Crippen molar-refractivity contribution in [3.8, 4) is 0 Å².